The van der Waals surface area contributed by atoms with E-state index in [1.807, 2.05) is 0 Å². The highest BCUT2D eigenvalue weighted by atomic mass is 16.3. The molecule has 3 heteroatoms. The van der Waals surface area contributed by atoms with Crippen LogP contribution in [0.15, 0.2) is 22.8 Å². The Hall–Kier alpha value is -1.22. The molecule has 0 amide bonds. The summed E-state index contributed by atoms with van der Waals surface area (Å²) in [4.78, 5) is 24.8. The van der Waals surface area contributed by atoms with Gasteiger partial charge in [0.05, 0.1) is 6.10 Å². The Morgan fingerprint density at radius 2 is 2.09 bits per heavy atom. The van der Waals surface area contributed by atoms with Crippen molar-refractivity contribution in [2.24, 2.45) is 23.2 Å². The van der Waals surface area contributed by atoms with Crippen LogP contribution in [-0.4, -0.2) is 22.8 Å². The lowest BCUT2D eigenvalue weighted by molar-refractivity contribution is -0.124. The van der Waals surface area contributed by atoms with E-state index in [-0.39, 0.29) is 29.0 Å². The highest BCUT2D eigenvalue weighted by Crippen LogP contribution is 2.59. The van der Waals surface area contributed by atoms with Crippen LogP contribution in [0.25, 0.3) is 0 Å². The zero-order chi connectivity index (χ0) is 16.4. The second kappa shape index (κ2) is 5.14. The lowest BCUT2D eigenvalue weighted by atomic mass is 9.52. The second-order valence-corrected chi connectivity index (χ2v) is 8.26. The molecule has 0 unspecified atom stereocenters. The second-order valence-electron chi connectivity index (χ2n) is 8.26. The van der Waals surface area contributed by atoms with E-state index >= 15 is 0 Å². The number of carbonyl (C=O) groups excluding carboxylic acids is 2. The van der Waals surface area contributed by atoms with E-state index in [1.165, 1.54) is 11.1 Å². The monoisotopic (exact) mass is 314 g/mol. The molecule has 3 nitrogen and oxygen atoms in total. The molecule has 0 aliphatic heterocycles. The summed E-state index contributed by atoms with van der Waals surface area (Å²) >= 11 is 0. The lowest BCUT2D eigenvalue weighted by Gasteiger charge is -2.52. The van der Waals surface area contributed by atoms with Crippen LogP contribution in [0.3, 0.4) is 0 Å². The van der Waals surface area contributed by atoms with Gasteiger partial charge in [-0.15, -0.1) is 0 Å². The Morgan fingerprint density at radius 1 is 1.30 bits per heavy atom. The zero-order valence-electron chi connectivity index (χ0n) is 14.1. The standard InChI is InChI=1S/C20H26O3/c1-11(21)14-5-6-16-15-4-3-12-9-13(22)7-8-20(12,2)17(15)10-18(23)19(14)16/h3,13-15,17,22H,4-10H2,1-2H3/t13-,14+,15-,17+,20-/m0/s1. The molecule has 0 saturated heterocycles. The van der Waals surface area contributed by atoms with Gasteiger partial charge >= 0.3 is 0 Å². The summed E-state index contributed by atoms with van der Waals surface area (Å²) in [5.74, 6) is 1.06. The molecule has 0 aromatic heterocycles. The van der Waals surface area contributed by atoms with E-state index in [2.05, 4.69) is 13.0 Å². The molecule has 0 bridgehead atoms. The summed E-state index contributed by atoms with van der Waals surface area (Å²) in [7, 11) is 0. The van der Waals surface area contributed by atoms with Gasteiger partial charge in [-0.3, -0.25) is 9.59 Å². The number of carbonyl (C=O) groups is 2. The molecule has 0 spiro atoms. The van der Waals surface area contributed by atoms with Crippen molar-refractivity contribution in [1.82, 2.24) is 0 Å². The van der Waals surface area contributed by atoms with Gasteiger partial charge in [-0.2, -0.15) is 0 Å². The number of ketones is 2. The summed E-state index contributed by atoms with van der Waals surface area (Å²) in [6.45, 7) is 3.93. The quantitative estimate of drug-likeness (QED) is 0.755. The maximum absolute atomic E-state index is 12.8. The van der Waals surface area contributed by atoms with Crippen molar-refractivity contribution in [2.45, 2.75) is 64.9 Å². The highest BCUT2D eigenvalue weighted by molar-refractivity contribution is 6.04. The molecule has 1 saturated carbocycles. The Bertz CT molecular complexity index is 641. The SMILES string of the molecule is CC(=O)[C@H]1CCC2=C1C(=O)C[C@@H]1[C@H]2CC=C2C[C@@H](O)CC[C@@]21C. The van der Waals surface area contributed by atoms with Crippen LogP contribution >= 0.6 is 0 Å². The molecule has 4 aliphatic carbocycles. The summed E-state index contributed by atoms with van der Waals surface area (Å²) in [6.07, 6.45) is 8.06. The fourth-order valence-electron chi connectivity index (χ4n) is 5.86. The van der Waals surface area contributed by atoms with Crippen LogP contribution in [0.5, 0.6) is 0 Å². The van der Waals surface area contributed by atoms with E-state index in [0.717, 1.165) is 44.1 Å². The topological polar surface area (TPSA) is 54.4 Å². The summed E-state index contributed by atoms with van der Waals surface area (Å²) in [6, 6.07) is 0. The van der Waals surface area contributed by atoms with Crippen LogP contribution in [-0.2, 0) is 9.59 Å². The molecule has 0 aromatic carbocycles. The maximum Gasteiger partial charge on any atom is 0.159 e. The average Bonchev–Trinajstić information content (AvgIpc) is 2.95. The molecule has 4 rings (SSSR count). The molecular formula is C20H26O3. The Kier molecular flexibility index (Phi) is 3.42. The van der Waals surface area contributed by atoms with Crippen LogP contribution in [0.1, 0.15) is 58.8 Å². The summed E-state index contributed by atoms with van der Waals surface area (Å²) in [5, 5.41) is 10.0. The van der Waals surface area contributed by atoms with Gasteiger partial charge in [0.15, 0.2) is 5.78 Å². The molecular weight excluding hydrogens is 288 g/mol. The minimum atomic E-state index is -0.214. The number of allylic oxidation sites excluding steroid dienone is 3. The third kappa shape index (κ3) is 2.12. The molecule has 0 aromatic rings. The Balaban J connectivity index is 1.75. The number of rotatable bonds is 1. The first-order valence-electron chi connectivity index (χ1n) is 9.06. The Morgan fingerprint density at radius 3 is 2.83 bits per heavy atom. The van der Waals surface area contributed by atoms with Crippen molar-refractivity contribution in [1.29, 1.82) is 0 Å². The van der Waals surface area contributed by atoms with Gasteiger partial charge < -0.3 is 5.11 Å². The smallest absolute Gasteiger partial charge is 0.159 e. The van der Waals surface area contributed by atoms with Crippen LogP contribution in [0.4, 0.5) is 0 Å². The number of hydrogen-bond donors (Lipinski definition) is 1. The number of aliphatic hydroxyl groups is 1. The van der Waals surface area contributed by atoms with Gasteiger partial charge in [0, 0.05) is 17.9 Å². The van der Waals surface area contributed by atoms with Crippen molar-refractivity contribution in [2.75, 3.05) is 0 Å². The fourth-order valence-corrected chi connectivity index (χ4v) is 5.86. The number of hydrogen-bond acceptors (Lipinski definition) is 3. The van der Waals surface area contributed by atoms with E-state index < -0.39 is 0 Å². The van der Waals surface area contributed by atoms with Crippen molar-refractivity contribution in [3.8, 4) is 0 Å². The van der Waals surface area contributed by atoms with Crippen molar-refractivity contribution < 1.29 is 14.7 Å². The van der Waals surface area contributed by atoms with Gasteiger partial charge in [-0.1, -0.05) is 24.1 Å². The number of fused-ring (bicyclic) bond motifs is 4. The van der Waals surface area contributed by atoms with Gasteiger partial charge in [0.1, 0.15) is 5.78 Å². The predicted molar refractivity (Wildman–Crippen MR) is 87.7 cm³/mol. The molecule has 1 N–H and O–H groups in total. The van der Waals surface area contributed by atoms with Gasteiger partial charge in [-0.25, -0.2) is 0 Å². The first kappa shape index (κ1) is 15.3. The van der Waals surface area contributed by atoms with E-state index in [9.17, 15) is 14.7 Å². The maximum atomic E-state index is 12.8. The first-order chi connectivity index (χ1) is 10.9. The van der Waals surface area contributed by atoms with E-state index in [4.69, 9.17) is 0 Å². The summed E-state index contributed by atoms with van der Waals surface area (Å²) in [5.41, 5.74) is 3.62. The first-order valence-corrected chi connectivity index (χ1v) is 9.06. The molecule has 124 valence electrons. The van der Waals surface area contributed by atoms with E-state index in [1.54, 1.807) is 6.92 Å². The van der Waals surface area contributed by atoms with Gasteiger partial charge in [0.25, 0.3) is 0 Å². The lowest BCUT2D eigenvalue weighted by Crippen LogP contribution is -2.45. The summed E-state index contributed by atoms with van der Waals surface area (Å²) < 4.78 is 0. The van der Waals surface area contributed by atoms with Crippen LogP contribution < -0.4 is 0 Å². The average molecular weight is 314 g/mol. The predicted octanol–water partition coefficient (Wildman–Crippen LogP) is 3.37. The molecule has 1 fully saturated rings. The normalized spacial score (nSPS) is 42.7. The van der Waals surface area contributed by atoms with Crippen LogP contribution in [0.2, 0.25) is 0 Å². The Labute approximate surface area is 137 Å². The third-order valence-corrected chi connectivity index (χ3v) is 7.15. The third-order valence-electron chi connectivity index (χ3n) is 7.15. The number of aliphatic hydroxyl groups excluding tert-OH is 1. The largest absolute Gasteiger partial charge is 0.393 e. The molecule has 0 radical (unpaired) electrons. The van der Waals surface area contributed by atoms with Gasteiger partial charge in [-0.05, 0) is 62.7 Å². The van der Waals surface area contributed by atoms with Crippen LogP contribution in [0, 0.1) is 23.2 Å². The van der Waals surface area contributed by atoms with Crippen molar-refractivity contribution in [3.63, 3.8) is 0 Å². The molecule has 0 heterocycles. The molecule has 23 heavy (non-hydrogen) atoms. The fraction of sp³-hybridized carbons (Fsp3) is 0.700. The number of Topliss-reactive ketones (excluding diaryl/α,β-unsaturated/α-hetero) is 2. The zero-order valence-corrected chi connectivity index (χ0v) is 14.1. The van der Waals surface area contributed by atoms with Crippen molar-refractivity contribution in [3.05, 3.63) is 22.8 Å². The van der Waals surface area contributed by atoms with Crippen molar-refractivity contribution >= 4 is 11.6 Å². The van der Waals surface area contributed by atoms with Gasteiger partial charge in [0.2, 0.25) is 0 Å². The minimum absolute atomic E-state index is 0.0602. The molecule has 4 aliphatic rings. The molecule has 5 atom stereocenters. The van der Waals surface area contributed by atoms with E-state index in [0.29, 0.717) is 18.3 Å². The minimum Gasteiger partial charge on any atom is -0.393 e. The highest BCUT2D eigenvalue weighted by Gasteiger charge is 2.52.